The Balaban J connectivity index is 1.30. The summed E-state index contributed by atoms with van der Waals surface area (Å²) in [5, 5.41) is 7.74. The molecule has 0 aliphatic heterocycles. The summed E-state index contributed by atoms with van der Waals surface area (Å²) in [5.74, 6) is 1.19. The number of hydrogen-bond acceptors (Lipinski definition) is 4. The van der Waals surface area contributed by atoms with Crippen LogP contribution >= 0.6 is 11.8 Å². The minimum Gasteiger partial charge on any atom is -0.321 e. The van der Waals surface area contributed by atoms with Crippen LogP contribution in [0.25, 0.3) is 5.69 Å². The van der Waals surface area contributed by atoms with Gasteiger partial charge in [-0.25, -0.2) is 4.68 Å². The zero-order valence-electron chi connectivity index (χ0n) is 16.9. The van der Waals surface area contributed by atoms with Gasteiger partial charge in [-0.3, -0.25) is 9.78 Å². The molecule has 0 spiro atoms. The molecule has 1 aliphatic carbocycles. The van der Waals surface area contributed by atoms with E-state index in [1.54, 1.807) is 22.6 Å². The molecule has 0 unspecified atom stereocenters. The molecule has 154 valence electrons. The van der Waals surface area contributed by atoms with Crippen molar-refractivity contribution in [2.24, 2.45) is 0 Å². The van der Waals surface area contributed by atoms with Gasteiger partial charge >= 0.3 is 0 Å². The Hall–Kier alpha value is -3.38. The summed E-state index contributed by atoms with van der Waals surface area (Å²) in [6.45, 7) is 0. The van der Waals surface area contributed by atoms with Crippen LogP contribution in [-0.4, -0.2) is 20.7 Å². The number of carbonyl (C=O) groups is 1. The molecule has 2 aromatic heterocycles. The third-order valence-corrected chi connectivity index (χ3v) is 6.28. The minimum absolute atomic E-state index is 0.154. The summed E-state index contributed by atoms with van der Waals surface area (Å²) >= 11 is 1.74. The van der Waals surface area contributed by atoms with E-state index in [2.05, 4.69) is 16.4 Å². The van der Waals surface area contributed by atoms with Gasteiger partial charge in [0.1, 0.15) is 5.69 Å². The molecule has 2 heterocycles. The third kappa shape index (κ3) is 4.70. The number of hydrogen-bond donors (Lipinski definition) is 1. The van der Waals surface area contributed by atoms with Gasteiger partial charge in [-0.1, -0.05) is 24.3 Å². The predicted molar refractivity (Wildman–Crippen MR) is 124 cm³/mol. The second-order valence-electron chi connectivity index (χ2n) is 7.60. The van der Waals surface area contributed by atoms with Crippen molar-refractivity contribution in [1.82, 2.24) is 14.8 Å². The SMILES string of the molecule is O=C(Nc1ccc(SCc2cccnc2)cc1)c1cc(C2CC2)nn1-c1ccccc1. The Morgan fingerprint density at radius 1 is 1.03 bits per heavy atom. The first-order valence-electron chi connectivity index (χ1n) is 10.3. The fourth-order valence-electron chi connectivity index (χ4n) is 3.39. The number of nitrogens with zero attached hydrogens (tertiary/aromatic N) is 3. The average molecular weight is 427 g/mol. The molecule has 1 aliphatic rings. The van der Waals surface area contributed by atoms with Crippen LogP contribution in [0.15, 0.2) is 90.1 Å². The van der Waals surface area contributed by atoms with E-state index >= 15 is 0 Å². The molecule has 2 aromatic carbocycles. The number of para-hydroxylation sites is 1. The van der Waals surface area contributed by atoms with Crippen molar-refractivity contribution in [3.8, 4) is 5.69 Å². The molecule has 1 fully saturated rings. The number of anilines is 1. The normalized spacial score (nSPS) is 13.2. The third-order valence-electron chi connectivity index (χ3n) is 5.20. The maximum Gasteiger partial charge on any atom is 0.274 e. The highest BCUT2D eigenvalue weighted by Gasteiger charge is 2.29. The largest absolute Gasteiger partial charge is 0.321 e. The second-order valence-corrected chi connectivity index (χ2v) is 8.65. The van der Waals surface area contributed by atoms with E-state index in [1.807, 2.05) is 72.9 Å². The van der Waals surface area contributed by atoms with E-state index in [0.717, 1.165) is 40.6 Å². The Morgan fingerprint density at radius 2 is 1.84 bits per heavy atom. The second kappa shape index (κ2) is 8.78. The molecule has 1 amide bonds. The Labute approximate surface area is 185 Å². The average Bonchev–Trinajstić information content (AvgIpc) is 3.58. The zero-order valence-corrected chi connectivity index (χ0v) is 17.8. The highest BCUT2D eigenvalue weighted by atomic mass is 32.2. The fraction of sp³-hybridized carbons (Fsp3) is 0.160. The van der Waals surface area contributed by atoms with Crippen molar-refractivity contribution in [1.29, 1.82) is 0 Å². The summed E-state index contributed by atoms with van der Waals surface area (Å²) in [6.07, 6.45) is 5.95. The van der Waals surface area contributed by atoms with Crippen LogP contribution in [0.1, 0.15) is 40.5 Å². The molecule has 4 aromatic rings. The smallest absolute Gasteiger partial charge is 0.274 e. The fourth-order valence-corrected chi connectivity index (χ4v) is 4.22. The van der Waals surface area contributed by atoms with Crippen molar-refractivity contribution >= 4 is 23.4 Å². The Kier molecular flexibility index (Phi) is 5.54. The Bertz CT molecular complexity index is 1170. The lowest BCUT2D eigenvalue weighted by Crippen LogP contribution is -2.16. The number of rotatable bonds is 7. The minimum atomic E-state index is -0.154. The van der Waals surface area contributed by atoms with E-state index < -0.39 is 0 Å². The number of aromatic nitrogens is 3. The standard InChI is InChI=1S/C25H22N4OS/c30-25(24-15-23(19-8-9-19)28-29(24)21-6-2-1-3-7-21)27-20-10-12-22(13-11-20)31-17-18-5-4-14-26-16-18/h1-7,10-16,19H,8-9,17H2,(H,27,30). The van der Waals surface area contributed by atoms with Crippen molar-refractivity contribution in [2.45, 2.75) is 29.4 Å². The molecule has 5 rings (SSSR count). The van der Waals surface area contributed by atoms with Crippen LogP contribution in [0.2, 0.25) is 0 Å². The zero-order chi connectivity index (χ0) is 21.0. The van der Waals surface area contributed by atoms with Crippen molar-refractivity contribution in [2.75, 3.05) is 5.32 Å². The summed E-state index contributed by atoms with van der Waals surface area (Å²) < 4.78 is 1.75. The summed E-state index contributed by atoms with van der Waals surface area (Å²) in [4.78, 5) is 18.4. The topological polar surface area (TPSA) is 59.8 Å². The monoisotopic (exact) mass is 426 g/mol. The predicted octanol–water partition coefficient (Wildman–Crippen LogP) is 5.69. The van der Waals surface area contributed by atoms with Gasteiger partial charge in [-0.2, -0.15) is 5.10 Å². The molecule has 0 radical (unpaired) electrons. The van der Waals surface area contributed by atoms with Gasteiger partial charge in [0.15, 0.2) is 0 Å². The number of carbonyl (C=O) groups excluding carboxylic acids is 1. The number of amides is 1. The first kappa shape index (κ1) is 19.6. The van der Waals surface area contributed by atoms with E-state index in [9.17, 15) is 4.79 Å². The number of benzene rings is 2. The number of nitrogens with one attached hydrogen (secondary N) is 1. The summed E-state index contributed by atoms with van der Waals surface area (Å²) in [7, 11) is 0. The molecule has 1 N–H and O–H groups in total. The lowest BCUT2D eigenvalue weighted by Gasteiger charge is -2.09. The maximum atomic E-state index is 13.1. The van der Waals surface area contributed by atoms with E-state index in [0.29, 0.717) is 11.6 Å². The van der Waals surface area contributed by atoms with Crippen molar-refractivity contribution in [3.63, 3.8) is 0 Å². The highest BCUT2D eigenvalue weighted by molar-refractivity contribution is 7.98. The van der Waals surface area contributed by atoms with Gasteiger partial charge in [-0.15, -0.1) is 11.8 Å². The molecule has 0 saturated heterocycles. The first-order valence-corrected chi connectivity index (χ1v) is 11.3. The van der Waals surface area contributed by atoms with Crippen LogP contribution in [0.4, 0.5) is 5.69 Å². The van der Waals surface area contributed by atoms with Crippen LogP contribution in [-0.2, 0) is 5.75 Å². The van der Waals surface area contributed by atoms with Crippen LogP contribution in [0, 0.1) is 0 Å². The van der Waals surface area contributed by atoms with Gasteiger partial charge in [0.25, 0.3) is 5.91 Å². The molecule has 31 heavy (non-hydrogen) atoms. The van der Waals surface area contributed by atoms with Crippen LogP contribution in [0.3, 0.4) is 0 Å². The van der Waals surface area contributed by atoms with Gasteiger partial charge in [0.05, 0.1) is 11.4 Å². The van der Waals surface area contributed by atoms with Gasteiger partial charge in [0.2, 0.25) is 0 Å². The molecule has 1 saturated carbocycles. The lowest BCUT2D eigenvalue weighted by molar-refractivity contribution is 0.101. The highest BCUT2D eigenvalue weighted by Crippen LogP contribution is 2.39. The molecule has 0 bridgehead atoms. The number of pyridine rings is 1. The molecular weight excluding hydrogens is 404 g/mol. The summed E-state index contributed by atoms with van der Waals surface area (Å²) in [6, 6.07) is 23.7. The van der Waals surface area contributed by atoms with Crippen LogP contribution in [0.5, 0.6) is 0 Å². The van der Waals surface area contributed by atoms with Gasteiger partial charge in [0, 0.05) is 34.6 Å². The van der Waals surface area contributed by atoms with Crippen molar-refractivity contribution < 1.29 is 4.79 Å². The maximum absolute atomic E-state index is 13.1. The Morgan fingerprint density at radius 3 is 2.55 bits per heavy atom. The number of thioether (sulfide) groups is 1. The van der Waals surface area contributed by atoms with Crippen LogP contribution < -0.4 is 5.32 Å². The lowest BCUT2D eigenvalue weighted by atomic mass is 10.2. The molecule has 5 nitrogen and oxygen atoms in total. The van der Waals surface area contributed by atoms with E-state index in [1.165, 1.54) is 5.56 Å². The molecule has 0 atom stereocenters. The van der Waals surface area contributed by atoms with Gasteiger partial charge in [-0.05, 0) is 66.9 Å². The first-order chi connectivity index (χ1) is 15.3. The van der Waals surface area contributed by atoms with E-state index in [4.69, 9.17) is 5.10 Å². The van der Waals surface area contributed by atoms with Crippen molar-refractivity contribution in [3.05, 3.63) is 102 Å². The quantitative estimate of drug-likeness (QED) is 0.386. The summed E-state index contributed by atoms with van der Waals surface area (Å²) in [5.41, 5.74) is 4.40. The molecular formula is C25H22N4OS. The van der Waals surface area contributed by atoms with E-state index in [-0.39, 0.29) is 5.91 Å². The van der Waals surface area contributed by atoms with Gasteiger partial charge < -0.3 is 5.32 Å². The molecule has 6 heteroatoms.